The lowest BCUT2D eigenvalue weighted by Crippen LogP contribution is -2.15. The average Bonchev–Trinajstić information content (AvgIpc) is 3.16. The van der Waals surface area contributed by atoms with Crippen molar-refractivity contribution >= 4 is 23.2 Å². The van der Waals surface area contributed by atoms with E-state index in [4.69, 9.17) is 11.6 Å². The molecule has 0 atom stereocenters. The van der Waals surface area contributed by atoms with Crippen LogP contribution in [0.2, 0.25) is 5.02 Å². The molecule has 0 unspecified atom stereocenters. The van der Waals surface area contributed by atoms with Crippen LogP contribution in [0.25, 0.3) is 17.1 Å². The molecule has 6 heteroatoms. The van der Waals surface area contributed by atoms with Crippen LogP contribution in [-0.4, -0.2) is 20.7 Å². The second-order valence-electron chi connectivity index (χ2n) is 7.29. The normalized spacial score (nSPS) is 10.8. The van der Waals surface area contributed by atoms with E-state index >= 15 is 0 Å². The maximum absolute atomic E-state index is 13.0. The molecule has 0 spiro atoms. The Bertz CT molecular complexity index is 1180. The quantitative estimate of drug-likeness (QED) is 0.459. The van der Waals surface area contributed by atoms with Crippen LogP contribution in [0.5, 0.6) is 0 Å². The third kappa shape index (κ3) is 4.11. The highest BCUT2D eigenvalue weighted by Crippen LogP contribution is 2.25. The molecular weight excluding hydrogens is 396 g/mol. The zero-order valence-electron chi connectivity index (χ0n) is 17.0. The lowest BCUT2D eigenvalue weighted by atomic mass is 10.1. The third-order valence-electron chi connectivity index (χ3n) is 4.78. The number of aryl methyl sites for hydroxylation is 3. The summed E-state index contributed by atoms with van der Waals surface area (Å²) in [6, 6.07) is 21.2. The molecule has 0 saturated carbocycles. The molecule has 0 radical (unpaired) electrons. The number of nitrogens with zero attached hydrogens (tertiary/aromatic N) is 3. The van der Waals surface area contributed by atoms with Crippen molar-refractivity contribution in [1.29, 1.82) is 0 Å². The van der Waals surface area contributed by atoms with E-state index in [1.807, 2.05) is 81.4 Å². The maximum atomic E-state index is 13.0. The van der Waals surface area contributed by atoms with E-state index in [-0.39, 0.29) is 11.7 Å². The monoisotopic (exact) mass is 416 g/mol. The van der Waals surface area contributed by atoms with Crippen LogP contribution in [0, 0.1) is 20.8 Å². The SMILES string of the molecule is Cc1cccc(-n2nc(C(=O)Nc3cc(C)ccc3C)nc2-c2cccc(Cl)c2)c1. The van der Waals surface area contributed by atoms with Crippen molar-refractivity contribution in [2.24, 2.45) is 0 Å². The predicted molar refractivity (Wildman–Crippen MR) is 120 cm³/mol. The molecule has 4 aromatic rings. The number of halogens is 1. The fraction of sp³-hybridized carbons (Fsp3) is 0.125. The molecule has 1 aromatic heterocycles. The minimum absolute atomic E-state index is 0.0902. The largest absolute Gasteiger partial charge is 0.319 e. The Labute approximate surface area is 180 Å². The van der Waals surface area contributed by atoms with Gasteiger partial charge in [0.2, 0.25) is 5.82 Å². The molecule has 1 heterocycles. The highest BCUT2D eigenvalue weighted by Gasteiger charge is 2.20. The van der Waals surface area contributed by atoms with Gasteiger partial charge in [0.05, 0.1) is 5.69 Å². The van der Waals surface area contributed by atoms with Crippen LogP contribution in [-0.2, 0) is 0 Å². The van der Waals surface area contributed by atoms with Crippen molar-refractivity contribution in [2.45, 2.75) is 20.8 Å². The average molecular weight is 417 g/mol. The van der Waals surface area contributed by atoms with Crippen molar-refractivity contribution < 1.29 is 4.79 Å². The second kappa shape index (κ2) is 8.13. The van der Waals surface area contributed by atoms with E-state index in [1.54, 1.807) is 10.7 Å². The van der Waals surface area contributed by atoms with Gasteiger partial charge >= 0.3 is 0 Å². The highest BCUT2D eigenvalue weighted by atomic mass is 35.5. The summed E-state index contributed by atoms with van der Waals surface area (Å²) in [5, 5.41) is 8.05. The van der Waals surface area contributed by atoms with Crippen molar-refractivity contribution in [3.63, 3.8) is 0 Å². The number of carbonyl (C=O) groups is 1. The van der Waals surface area contributed by atoms with Gasteiger partial charge in [-0.15, -0.1) is 5.10 Å². The lowest BCUT2D eigenvalue weighted by molar-refractivity contribution is 0.101. The topological polar surface area (TPSA) is 59.8 Å². The van der Waals surface area contributed by atoms with Gasteiger partial charge in [0, 0.05) is 16.3 Å². The molecule has 0 aliphatic carbocycles. The van der Waals surface area contributed by atoms with Gasteiger partial charge in [0.1, 0.15) is 0 Å². The number of rotatable bonds is 4. The van der Waals surface area contributed by atoms with Gasteiger partial charge in [-0.3, -0.25) is 4.79 Å². The fourth-order valence-electron chi connectivity index (χ4n) is 3.21. The first-order chi connectivity index (χ1) is 14.4. The molecule has 1 N–H and O–H groups in total. The molecule has 0 aliphatic heterocycles. The number of carbonyl (C=O) groups excluding carboxylic acids is 1. The fourth-order valence-corrected chi connectivity index (χ4v) is 3.40. The van der Waals surface area contributed by atoms with E-state index in [2.05, 4.69) is 15.4 Å². The van der Waals surface area contributed by atoms with Gasteiger partial charge in [-0.2, -0.15) is 0 Å². The molecule has 30 heavy (non-hydrogen) atoms. The van der Waals surface area contributed by atoms with Crippen LogP contribution in [0.3, 0.4) is 0 Å². The van der Waals surface area contributed by atoms with Crippen LogP contribution in [0.4, 0.5) is 5.69 Å². The molecule has 4 rings (SSSR count). The minimum Gasteiger partial charge on any atom is -0.319 e. The number of hydrogen-bond acceptors (Lipinski definition) is 3. The molecule has 1 amide bonds. The zero-order chi connectivity index (χ0) is 21.3. The smallest absolute Gasteiger partial charge is 0.295 e. The number of nitrogens with one attached hydrogen (secondary N) is 1. The van der Waals surface area contributed by atoms with E-state index in [1.165, 1.54) is 0 Å². The Kier molecular flexibility index (Phi) is 5.38. The first kappa shape index (κ1) is 19.9. The number of amides is 1. The maximum Gasteiger partial charge on any atom is 0.295 e. The lowest BCUT2D eigenvalue weighted by Gasteiger charge is -2.07. The van der Waals surface area contributed by atoms with Crippen LogP contribution in [0.15, 0.2) is 66.7 Å². The molecule has 0 saturated heterocycles. The van der Waals surface area contributed by atoms with Crippen molar-refractivity contribution in [3.05, 3.63) is 94.3 Å². The van der Waals surface area contributed by atoms with Gasteiger partial charge in [0.15, 0.2) is 5.82 Å². The molecular formula is C24H21ClN4O. The van der Waals surface area contributed by atoms with Crippen molar-refractivity contribution in [1.82, 2.24) is 14.8 Å². The van der Waals surface area contributed by atoms with E-state index in [0.717, 1.165) is 33.6 Å². The van der Waals surface area contributed by atoms with Gasteiger partial charge in [-0.25, -0.2) is 9.67 Å². The molecule has 0 aliphatic rings. The van der Waals surface area contributed by atoms with Gasteiger partial charge in [0.25, 0.3) is 5.91 Å². The summed E-state index contributed by atoms with van der Waals surface area (Å²) >= 11 is 6.19. The number of hydrogen-bond donors (Lipinski definition) is 1. The van der Waals surface area contributed by atoms with Gasteiger partial charge in [-0.05, 0) is 67.8 Å². The Morgan fingerprint density at radius 3 is 2.47 bits per heavy atom. The zero-order valence-corrected chi connectivity index (χ0v) is 17.7. The molecule has 150 valence electrons. The number of aromatic nitrogens is 3. The van der Waals surface area contributed by atoms with Gasteiger partial charge in [-0.1, -0.05) is 48.0 Å². The first-order valence-corrected chi connectivity index (χ1v) is 9.97. The Morgan fingerprint density at radius 2 is 1.70 bits per heavy atom. The summed E-state index contributed by atoms with van der Waals surface area (Å²) in [7, 11) is 0. The van der Waals surface area contributed by atoms with E-state index in [0.29, 0.717) is 10.8 Å². The minimum atomic E-state index is -0.363. The highest BCUT2D eigenvalue weighted by molar-refractivity contribution is 6.30. The summed E-state index contributed by atoms with van der Waals surface area (Å²) in [4.78, 5) is 17.5. The number of benzene rings is 3. The van der Waals surface area contributed by atoms with Crippen molar-refractivity contribution in [3.8, 4) is 17.1 Å². The summed E-state index contributed by atoms with van der Waals surface area (Å²) in [5.41, 5.74) is 5.47. The molecule has 3 aromatic carbocycles. The summed E-state index contributed by atoms with van der Waals surface area (Å²) in [6.07, 6.45) is 0. The van der Waals surface area contributed by atoms with Crippen LogP contribution >= 0.6 is 11.6 Å². The number of anilines is 1. The van der Waals surface area contributed by atoms with Crippen LogP contribution < -0.4 is 5.32 Å². The van der Waals surface area contributed by atoms with E-state index < -0.39 is 0 Å². The standard InChI is InChI=1S/C24H21ClN4O/c1-15-6-4-9-20(12-15)29-23(18-7-5-8-19(25)14-18)27-22(28-29)24(30)26-21-13-16(2)10-11-17(21)3/h4-14H,1-3H3,(H,26,30). The van der Waals surface area contributed by atoms with Gasteiger partial charge < -0.3 is 5.32 Å². The Morgan fingerprint density at radius 1 is 0.933 bits per heavy atom. The predicted octanol–water partition coefficient (Wildman–Crippen LogP) is 5.77. The molecule has 0 fully saturated rings. The van der Waals surface area contributed by atoms with E-state index in [9.17, 15) is 4.79 Å². The molecule has 5 nitrogen and oxygen atoms in total. The summed E-state index contributed by atoms with van der Waals surface area (Å²) < 4.78 is 1.68. The Hall–Kier alpha value is -3.44. The summed E-state index contributed by atoms with van der Waals surface area (Å²) in [5.74, 6) is 0.278. The first-order valence-electron chi connectivity index (χ1n) is 9.59. The Balaban J connectivity index is 1.78. The second-order valence-corrected chi connectivity index (χ2v) is 7.73. The third-order valence-corrected chi connectivity index (χ3v) is 5.02. The van der Waals surface area contributed by atoms with Crippen LogP contribution in [0.1, 0.15) is 27.3 Å². The van der Waals surface area contributed by atoms with Crippen molar-refractivity contribution in [2.75, 3.05) is 5.32 Å². The molecule has 0 bridgehead atoms. The summed E-state index contributed by atoms with van der Waals surface area (Å²) in [6.45, 7) is 5.94.